The molecule has 3 aromatic heterocycles. The highest BCUT2D eigenvalue weighted by Gasteiger charge is 2.12. The van der Waals surface area contributed by atoms with Gasteiger partial charge in [0.15, 0.2) is 5.82 Å². The first-order chi connectivity index (χ1) is 9.16. The smallest absolute Gasteiger partial charge is 0.164 e. The van der Waals surface area contributed by atoms with Crippen molar-refractivity contribution in [3.63, 3.8) is 0 Å². The van der Waals surface area contributed by atoms with Crippen LogP contribution in [0.25, 0.3) is 17.0 Å². The van der Waals surface area contributed by atoms with Crippen molar-refractivity contribution in [3.8, 4) is 11.5 Å². The summed E-state index contributed by atoms with van der Waals surface area (Å²) in [5.74, 6) is 0.841. The first kappa shape index (κ1) is 12.2. The predicted molar refractivity (Wildman–Crippen MR) is 80.5 cm³/mol. The summed E-state index contributed by atoms with van der Waals surface area (Å²) in [6.07, 6.45) is 3.80. The lowest BCUT2D eigenvalue weighted by Crippen LogP contribution is -2.08. The van der Waals surface area contributed by atoms with Crippen molar-refractivity contribution < 1.29 is 0 Å². The van der Waals surface area contributed by atoms with E-state index in [2.05, 4.69) is 42.9 Å². The van der Waals surface area contributed by atoms with E-state index in [9.17, 15) is 0 Å². The highest BCUT2D eigenvalue weighted by molar-refractivity contribution is 9.10. The van der Waals surface area contributed by atoms with Crippen LogP contribution in [-0.4, -0.2) is 28.5 Å². The highest BCUT2D eigenvalue weighted by atomic mass is 79.9. The molecule has 0 aliphatic rings. The number of rotatable bonds is 2. The van der Waals surface area contributed by atoms with Crippen molar-refractivity contribution in [2.45, 2.75) is 0 Å². The molecule has 4 nitrogen and oxygen atoms in total. The molecule has 0 saturated carbocycles. The van der Waals surface area contributed by atoms with E-state index in [1.165, 1.54) is 0 Å². The highest BCUT2D eigenvalue weighted by Crippen LogP contribution is 2.27. The Balaban J connectivity index is 2.23. The molecule has 3 aromatic rings. The van der Waals surface area contributed by atoms with E-state index in [-0.39, 0.29) is 0 Å². The zero-order valence-electron chi connectivity index (χ0n) is 10.7. The quantitative estimate of drug-likeness (QED) is 0.728. The molecule has 0 aromatic carbocycles. The third-order valence-electron chi connectivity index (χ3n) is 2.99. The zero-order chi connectivity index (χ0) is 13.4. The second-order valence-corrected chi connectivity index (χ2v) is 5.23. The van der Waals surface area contributed by atoms with Crippen LogP contribution >= 0.6 is 15.9 Å². The van der Waals surface area contributed by atoms with Crippen molar-refractivity contribution in [2.75, 3.05) is 19.0 Å². The second kappa shape index (κ2) is 4.66. The lowest BCUT2D eigenvalue weighted by atomic mass is 10.3. The number of hydrogen-bond donors (Lipinski definition) is 0. The monoisotopic (exact) mass is 316 g/mol. The summed E-state index contributed by atoms with van der Waals surface area (Å²) < 4.78 is 2.87. The van der Waals surface area contributed by atoms with Gasteiger partial charge in [-0.3, -0.25) is 9.38 Å². The number of fused-ring (bicyclic) bond motifs is 1. The van der Waals surface area contributed by atoms with Crippen molar-refractivity contribution in [1.82, 2.24) is 14.4 Å². The predicted octanol–water partition coefficient (Wildman–Crippen LogP) is 3.22. The molecule has 0 aliphatic heterocycles. The van der Waals surface area contributed by atoms with Gasteiger partial charge in [-0.15, -0.1) is 0 Å². The van der Waals surface area contributed by atoms with Gasteiger partial charge in [0.1, 0.15) is 10.3 Å². The Labute approximate surface area is 119 Å². The third kappa shape index (κ3) is 2.10. The molecule has 0 amide bonds. The molecule has 0 fully saturated rings. The Morgan fingerprint density at radius 2 is 2.05 bits per heavy atom. The van der Waals surface area contributed by atoms with Gasteiger partial charge < -0.3 is 4.90 Å². The van der Waals surface area contributed by atoms with Crippen LogP contribution in [0.2, 0.25) is 0 Å². The number of hydrogen-bond acceptors (Lipinski definition) is 3. The molecule has 0 unspecified atom stereocenters. The number of aromatic nitrogens is 3. The lowest BCUT2D eigenvalue weighted by molar-refractivity contribution is 1.10. The first-order valence-electron chi connectivity index (χ1n) is 5.93. The van der Waals surface area contributed by atoms with Crippen molar-refractivity contribution in [3.05, 3.63) is 47.3 Å². The molecular weight excluding hydrogens is 304 g/mol. The van der Waals surface area contributed by atoms with Crippen LogP contribution in [0.15, 0.2) is 47.3 Å². The van der Waals surface area contributed by atoms with Crippen LogP contribution in [0.1, 0.15) is 0 Å². The maximum absolute atomic E-state index is 4.56. The average molecular weight is 317 g/mol. The summed E-state index contributed by atoms with van der Waals surface area (Å²) in [6, 6.07) is 9.99. The fourth-order valence-corrected chi connectivity index (χ4v) is 2.46. The van der Waals surface area contributed by atoms with Crippen LogP contribution in [0.3, 0.4) is 0 Å². The lowest BCUT2D eigenvalue weighted by Gasteiger charge is -2.12. The van der Waals surface area contributed by atoms with E-state index < -0.39 is 0 Å². The standard InChI is InChI=1S/C14H13BrN4/c1-18(2)10-6-8-19-12(9-10)13(15)17-14(19)11-5-3-4-7-16-11/h3-9H,1-2H3. The van der Waals surface area contributed by atoms with E-state index in [4.69, 9.17) is 0 Å². The van der Waals surface area contributed by atoms with E-state index in [1.807, 2.05) is 42.9 Å². The largest absolute Gasteiger partial charge is 0.378 e. The molecule has 3 heterocycles. The second-order valence-electron chi connectivity index (χ2n) is 4.48. The van der Waals surface area contributed by atoms with Gasteiger partial charge in [-0.2, -0.15) is 0 Å². The fourth-order valence-electron chi connectivity index (χ4n) is 1.99. The van der Waals surface area contributed by atoms with E-state index in [0.29, 0.717) is 0 Å². The third-order valence-corrected chi connectivity index (χ3v) is 3.58. The van der Waals surface area contributed by atoms with Gasteiger partial charge in [0.05, 0.1) is 5.52 Å². The van der Waals surface area contributed by atoms with Crippen molar-refractivity contribution in [1.29, 1.82) is 0 Å². The molecule has 0 atom stereocenters. The summed E-state index contributed by atoms with van der Waals surface area (Å²) >= 11 is 3.52. The summed E-state index contributed by atoms with van der Waals surface area (Å²) in [4.78, 5) is 11.0. The Kier molecular flexibility index (Phi) is 2.98. The van der Waals surface area contributed by atoms with Crippen LogP contribution in [0.5, 0.6) is 0 Å². The fraction of sp³-hybridized carbons (Fsp3) is 0.143. The number of pyridine rings is 2. The molecule has 0 aliphatic carbocycles. The molecule has 5 heteroatoms. The van der Waals surface area contributed by atoms with E-state index in [1.54, 1.807) is 6.20 Å². The first-order valence-corrected chi connectivity index (χ1v) is 6.72. The van der Waals surface area contributed by atoms with Gasteiger partial charge in [-0.1, -0.05) is 6.07 Å². The van der Waals surface area contributed by atoms with Gasteiger partial charge in [-0.25, -0.2) is 4.98 Å². The molecule has 0 N–H and O–H groups in total. The topological polar surface area (TPSA) is 33.4 Å². The van der Waals surface area contributed by atoms with E-state index in [0.717, 1.165) is 27.3 Å². The summed E-state index contributed by atoms with van der Waals surface area (Å²) in [5.41, 5.74) is 3.04. The van der Waals surface area contributed by atoms with E-state index >= 15 is 0 Å². The maximum atomic E-state index is 4.56. The molecule has 3 rings (SSSR count). The minimum atomic E-state index is 0.830. The van der Waals surface area contributed by atoms with Crippen molar-refractivity contribution in [2.24, 2.45) is 0 Å². The van der Waals surface area contributed by atoms with Gasteiger partial charge in [0.2, 0.25) is 0 Å². The molecular formula is C14H13BrN4. The van der Waals surface area contributed by atoms with Gasteiger partial charge in [0, 0.05) is 32.2 Å². The molecule has 0 radical (unpaired) electrons. The van der Waals surface area contributed by atoms with Crippen LogP contribution < -0.4 is 4.90 Å². The zero-order valence-corrected chi connectivity index (χ0v) is 12.3. The molecule has 0 spiro atoms. The molecule has 0 bridgehead atoms. The Morgan fingerprint density at radius 1 is 1.21 bits per heavy atom. The Bertz CT molecular complexity index is 719. The number of anilines is 1. The maximum Gasteiger partial charge on any atom is 0.164 e. The summed E-state index contributed by atoms with van der Waals surface area (Å²) in [5, 5.41) is 0. The van der Waals surface area contributed by atoms with Crippen molar-refractivity contribution >= 4 is 27.1 Å². The van der Waals surface area contributed by atoms with Gasteiger partial charge >= 0.3 is 0 Å². The Hall–Kier alpha value is -1.88. The minimum absolute atomic E-state index is 0.830. The molecule has 19 heavy (non-hydrogen) atoms. The summed E-state index contributed by atoms with van der Waals surface area (Å²) in [6.45, 7) is 0. The van der Waals surface area contributed by atoms with Gasteiger partial charge in [-0.05, 0) is 40.2 Å². The molecule has 0 saturated heterocycles. The van der Waals surface area contributed by atoms with Crippen LogP contribution in [0, 0.1) is 0 Å². The number of nitrogens with zero attached hydrogens (tertiary/aromatic N) is 4. The average Bonchev–Trinajstić information content (AvgIpc) is 2.77. The van der Waals surface area contributed by atoms with Crippen LogP contribution in [0.4, 0.5) is 5.69 Å². The normalized spacial score (nSPS) is 10.9. The molecule has 96 valence electrons. The van der Waals surface area contributed by atoms with Gasteiger partial charge in [0.25, 0.3) is 0 Å². The number of halogens is 1. The summed E-state index contributed by atoms with van der Waals surface area (Å²) in [7, 11) is 4.05. The van der Waals surface area contributed by atoms with Crippen LogP contribution in [-0.2, 0) is 0 Å². The SMILES string of the molecule is CN(C)c1ccn2c(-c3ccccn3)nc(Br)c2c1. The Morgan fingerprint density at radius 3 is 2.74 bits per heavy atom. The number of imidazole rings is 1. The minimum Gasteiger partial charge on any atom is -0.378 e.